The van der Waals surface area contributed by atoms with Crippen molar-refractivity contribution in [2.24, 2.45) is 0 Å². The number of unbranched alkanes of at least 4 members (excludes halogenated alkanes) is 2. The predicted octanol–water partition coefficient (Wildman–Crippen LogP) is 7.17. The zero-order valence-corrected chi connectivity index (χ0v) is 26.6. The number of terminal acetylenes is 1. The number of nitrogens with one attached hydrogen (secondary N) is 2. The van der Waals surface area contributed by atoms with Crippen molar-refractivity contribution in [1.29, 1.82) is 0 Å². The van der Waals surface area contributed by atoms with Gasteiger partial charge in [0, 0.05) is 17.8 Å². The molecular weight excluding hydrogens is 558 g/mol. The van der Waals surface area contributed by atoms with E-state index in [-0.39, 0.29) is 11.8 Å². The fraction of sp³-hybridized carbons (Fsp3) is 0.400. The minimum absolute atomic E-state index is 0.337. The molecule has 0 heterocycles. The second kappa shape index (κ2) is 16.0. The van der Waals surface area contributed by atoms with E-state index in [4.69, 9.17) is 11.2 Å². The van der Waals surface area contributed by atoms with Crippen LogP contribution in [0, 0.1) is 12.3 Å². The lowest BCUT2D eigenvalue weighted by molar-refractivity contribution is -0.141. The summed E-state index contributed by atoms with van der Waals surface area (Å²) in [5, 5.41) is 7.89. The molecule has 2 N–H and O–H groups in total. The van der Waals surface area contributed by atoms with Gasteiger partial charge in [0.25, 0.3) is 5.91 Å². The molecule has 7 nitrogen and oxygen atoms in total. The van der Waals surface area contributed by atoms with E-state index in [1.165, 1.54) is 0 Å². The third-order valence-electron chi connectivity index (χ3n) is 6.86. The zero-order valence-electron chi connectivity index (χ0n) is 25.8. The van der Waals surface area contributed by atoms with Crippen molar-refractivity contribution in [2.45, 2.75) is 71.1 Å². The Morgan fingerprint density at radius 1 is 1.00 bits per heavy atom. The van der Waals surface area contributed by atoms with Gasteiger partial charge >= 0.3 is 6.09 Å². The van der Waals surface area contributed by atoms with Crippen molar-refractivity contribution >= 4 is 46.1 Å². The highest BCUT2D eigenvalue weighted by molar-refractivity contribution is 7.98. The third kappa shape index (κ3) is 10.1. The van der Waals surface area contributed by atoms with Crippen molar-refractivity contribution in [3.8, 4) is 12.3 Å². The van der Waals surface area contributed by atoms with Crippen LogP contribution in [0.25, 0.3) is 10.8 Å². The van der Waals surface area contributed by atoms with Gasteiger partial charge in [0.1, 0.15) is 17.7 Å². The van der Waals surface area contributed by atoms with E-state index in [0.717, 1.165) is 23.6 Å². The second-order valence-electron chi connectivity index (χ2n) is 11.4. The Balaban J connectivity index is 2.03. The molecule has 0 fully saturated rings. The van der Waals surface area contributed by atoms with Crippen LogP contribution < -0.4 is 10.6 Å². The molecule has 0 aliphatic heterocycles. The molecule has 3 amide bonds. The first-order valence-corrected chi connectivity index (χ1v) is 16.1. The topological polar surface area (TPSA) is 87.7 Å². The Kier molecular flexibility index (Phi) is 12.5. The molecular formula is C35H43N3O4S. The van der Waals surface area contributed by atoms with Crippen LogP contribution in [-0.4, -0.2) is 53.0 Å². The van der Waals surface area contributed by atoms with Gasteiger partial charge in [-0.15, -0.1) is 6.42 Å². The van der Waals surface area contributed by atoms with Crippen molar-refractivity contribution in [3.05, 3.63) is 77.9 Å². The first-order chi connectivity index (χ1) is 20.6. The highest BCUT2D eigenvalue weighted by Gasteiger charge is 2.36. The van der Waals surface area contributed by atoms with E-state index in [0.29, 0.717) is 42.0 Å². The largest absolute Gasteiger partial charge is 0.444 e. The molecule has 3 aromatic rings. The van der Waals surface area contributed by atoms with E-state index in [1.54, 1.807) is 61.7 Å². The standard InChI is InChI=1S/C35H43N3O4S/c1-7-9-12-22-38(33(40)30(21-23-43-6)37-34(41)42-35(3,4)5)31(27-17-15-25(8-2)16-18-27)32(39)36-29-20-19-26-13-10-11-14-28(26)24-29/h2,10-11,13-20,24,30-31H,7,9,12,21-23H2,1,3-6H3,(H,36,39)(H,37,41). The van der Waals surface area contributed by atoms with Crippen molar-refractivity contribution < 1.29 is 19.1 Å². The highest BCUT2D eigenvalue weighted by atomic mass is 32.2. The number of alkyl carbamates (subject to hydrolysis) is 1. The summed E-state index contributed by atoms with van der Waals surface area (Å²) in [5.74, 6) is 2.56. The van der Waals surface area contributed by atoms with Gasteiger partial charge in [-0.2, -0.15) is 11.8 Å². The molecule has 0 aliphatic rings. The summed E-state index contributed by atoms with van der Waals surface area (Å²) in [5.41, 5.74) is 1.20. The van der Waals surface area contributed by atoms with Crippen LogP contribution in [0.4, 0.5) is 10.5 Å². The molecule has 0 bridgehead atoms. The first kappa shape index (κ1) is 33.5. The molecule has 8 heteroatoms. The number of ether oxygens (including phenoxy) is 1. The number of rotatable bonds is 13. The summed E-state index contributed by atoms with van der Waals surface area (Å²) >= 11 is 1.58. The van der Waals surface area contributed by atoms with Gasteiger partial charge in [-0.05, 0) is 86.2 Å². The maximum absolute atomic E-state index is 14.3. The van der Waals surface area contributed by atoms with Crippen molar-refractivity contribution in [2.75, 3.05) is 23.9 Å². The van der Waals surface area contributed by atoms with Gasteiger partial charge in [0.05, 0.1) is 0 Å². The summed E-state index contributed by atoms with van der Waals surface area (Å²) in [6.45, 7) is 7.74. The van der Waals surface area contributed by atoms with Crippen LogP contribution in [0.1, 0.15) is 70.5 Å². The third-order valence-corrected chi connectivity index (χ3v) is 7.50. The Labute approximate surface area is 260 Å². The SMILES string of the molecule is C#Cc1ccc(C(C(=O)Nc2ccc3ccccc3c2)N(CCCCC)C(=O)C(CCSC)NC(=O)OC(C)(C)C)cc1. The highest BCUT2D eigenvalue weighted by Crippen LogP contribution is 2.27. The summed E-state index contributed by atoms with van der Waals surface area (Å²) in [7, 11) is 0. The zero-order chi connectivity index (χ0) is 31.4. The van der Waals surface area contributed by atoms with Gasteiger partial charge in [-0.1, -0.05) is 68.2 Å². The fourth-order valence-electron chi connectivity index (χ4n) is 4.75. The summed E-state index contributed by atoms with van der Waals surface area (Å²) < 4.78 is 5.48. The lowest BCUT2D eigenvalue weighted by Crippen LogP contribution is -2.52. The number of nitrogens with zero attached hydrogens (tertiary/aromatic N) is 1. The Morgan fingerprint density at radius 3 is 2.33 bits per heavy atom. The van der Waals surface area contributed by atoms with E-state index in [9.17, 15) is 14.4 Å². The number of benzene rings is 3. The lowest BCUT2D eigenvalue weighted by Gasteiger charge is -2.34. The molecule has 0 saturated heterocycles. The number of carbonyl (C=O) groups is 3. The van der Waals surface area contributed by atoms with Crippen LogP contribution in [0.15, 0.2) is 66.7 Å². The summed E-state index contributed by atoms with van der Waals surface area (Å²) in [6, 6.07) is 18.9. The molecule has 0 radical (unpaired) electrons. The van der Waals surface area contributed by atoms with Crippen LogP contribution in [0.3, 0.4) is 0 Å². The van der Waals surface area contributed by atoms with Crippen LogP contribution in [-0.2, 0) is 14.3 Å². The number of carbonyl (C=O) groups excluding carboxylic acids is 3. The molecule has 0 spiro atoms. The first-order valence-electron chi connectivity index (χ1n) is 14.7. The van der Waals surface area contributed by atoms with Gasteiger partial charge < -0.3 is 20.3 Å². The Hall–Kier alpha value is -3.96. The molecule has 43 heavy (non-hydrogen) atoms. The average Bonchev–Trinajstić information content (AvgIpc) is 2.97. The number of hydrogen-bond donors (Lipinski definition) is 2. The number of anilines is 1. The smallest absolute Gasteiger partial charge is 0.408 e. The molecule has 2 unspecified atom stereocenters. The van der Waals surface area contributed by atoms with Crippen LogP contribution >= 0.6 is 11.8 Å². The summed E-state index contributed by atoms with van der Waals surface area (Å²) in [4.78, 5) is 42.9. The molecule has 3 rings (SSSR count). The van der Waals surface area contributed by atoms with Crippen molar-refractivity contribution in [1.82, 2.24) is 10.2 Å². The average molecular weight is 602 g/mol. The van der Waals surface area contributed by atoms with Gasteiger partial charge in [0.2, 0.25) is 5.91 Å². The number of amides is 3. The van der Waals surface area contributed by atoms with Crippen LogP contribution in [0.5, 0.6) is 0 Å². The van der Waals surface area contributed by atoms with E-state index in [1.807, 2.05) is 48.7 Å². The van der Waals surface area contributed by atoms with Gasteiger partial charge in [-0.3, -0.25) is 9.59 Å². The molecule has 2 atom stereocenters. The fourth-order valence-corrected chi connectivity index (χ4v) is 5.23. The van der Waals surface area contributed by atoms with E-state index in [2.05, 4.69) is 23.5 Å². The minimum atomic E-state index is -0.958. The second-order valence-corrected chi connectivity index (χ2v) is 12.4. The minimum Gasteiger partial charge on any atom is -0.444 e. The van der Waals surface area contributed by atoms with E-state index >= 15 is 0 Å². The molecule has 0 aliphatic carbocycles. The maximum Gasteiger partial charge on any atom is 0.408 e. The summed E-state index contributed by atoms with van der Waals surface area (Å²) in [6.07, 6.45) is 9.79. The Bertz CT molecular complexity index is 1430. The molecule has 228 valence electrons. The Morgan fingerprint density at radius 2 is 1.70 bits per heavy atom. The molecule has 0 aromatic heterocycles. The number of hydrogen-bond acceptors (Lipinski definition) is 5. The predicted molar refractivity (Wildman–Crippen MR) is 177 cm³/mol. The van der Waals surface area contributed by atoms with Crippen LogP contribution in [0.2, 0.25) is 0 Å². The quantitative estimate of drug-likeness (QED) is 0.160. The number of thioether (sulfide) groups is 1. The maximum atomic E-state index is 14.3. The van der Waals surface area contributed by atoms with E-state index < -0.39 is 23.8 Å². The normalized spacial score (nSPS) is 12.6. The molecule has 3 aromatic carbocycles. The van der Waals surface area contributed by atoms with Crippen molar-refractivity contribution in [3.63, 3.8) is 0 Å². The monoisotopic (exact) mass is 601 g/mol. The van der Waals surface area contributed by atoms with Gasteiger partial charge in [-0.25, -0.2) is 4.79 Å². The lowest BCUT2D eigenvalue weighted by atomic mass is 10.00. The van der Waals surface area contributed by atoms with Gasteiger partial charge in [0.15, 0.2) is 0 Å². The number of fused-ring (bicyclic) bond motifs is 1. The molecule has 0 saturated carbocycles.